The van der Waals surface area contributed by atoms with Crippen molar-refractivity contribution >= 4 is 5.97 Å². The molecule has 0 amide bonds. The molecule has 0 aromatic heterocycles. The molecule has 220 valence electrons. The first-order valence-electron chi connectivity index (χ1n) is 12.7. The molecule has 0 saturated heterocycles. The van der Waals surface area contributed by atoms with Crippen LogP contribution in [0.15, 0.2) is 12.2 Å². The lowest BCUT2D eigenvalue weighted by molar-refractivity contribution is -0.146. The summed E-state index contributed by atoms with van der Waals surface area (Å²) in [7, 11) is 0. The van der Waals surface area contributed by atoms with Crippen LogP contribution in [-0.4, -0.2) is 143 Å². The Kier molecular flexibility index (Phi) is 28.4. The van der Waals surface area contributed by atoms with Crippen LogP contribution in [0.4, 0.5) is 0 Å². The monoisotopic (exact) mass is 540 g/mol. The largest absolute Gasteiger partial charge is 0.457 e. The first kappa shape index (κ1) is 35.8. The van der Waals surface area contributed by atoms with Crippen molar-refractivity contribution in [2.24, 2.45) is 0 Å². The van der Waals surface area contributed by atoms with Gasteiger partial charge in [0, 0.05) is 5.57 Å². The fourth-order valence-electron chi connectivity index (χ4n) is 2.39. The summed E-state index contributed by atoms with van der Waals surface area (Å²) in [5, 5.41) is 8.55. The highest BCUT2D eigenvalue weighted by Gasteiger charge is 2.09. The second-order valence-electron chi connectivity index (χ2n) is 7.69. The smallest absolute Gasteiger partial charge is 0.333 e. The lowest BCUT2D eigenvalue weighted by atomic mass is 10.3. The molecule has 0 radical (unpaired) electrons. The van der Waals surface area contributed by atoms with Gasteiger partial charge in [0.15, 0.2) is 0 Å². The number of esters is 1. The minimum Gasteiger partial charge on any atom is -0.457 e. The van der Waals surface area contributed by atoms with E-state index in [1.54, 1.807) is 13.8 Å². The summed E-state index contributed by atoms with van der Waals surface area (Å²) in [6.07, 6.45) is -0.330. The summed E-state index contributed by atoms with van der Waals surface area (Å²) in [6.45, 7) is 15.3. The number of aliphatic hydroxyl groups excluding tert-OH is 1. The average molecular weight is 541 g/mol. The van der Waals surface area contributed by atoms with Crippen molar-refractivity contribution in [2.45, 2.75) is 20.0 Å². The molecule has 37 heavy (non-hydrogen) atoms. The molecule has 1 atom stereocenters. The maximum atomic E-state index is 11.4. The van der Waals surface area contributed by atoms with Crippen LogP contribution >= 0.6 is 0 Å². The Balaban J connectivity index is 3.12. The van der Waals surface area contributed by atoms with E-state index >= 15 is 0 Å². The van der Waals surface area contributed by atoms with Gasteiger partial charge in [0.2, 0.25) is 0 Å². The predicted octanol–water partition coefficient (Wildman–Crippen LogP) is 0.636. The minimum atomic E-state index is -0.415. The molecular weight excluding hydrogens is 492 g/mol. The third-order valence-electron chi connectivity index (χ3n) is 4.22. The third kappa shape index (κ3) is 29.2. The Bertz CT molecular complexity index is 506. The summed E-state index contributed by atoms with van der Waals surface area (Å²) >= 11 is 0. The maximum absolute atomic E-state index is 11.4. The van der Waals surface area contributed by atoms with Gasteiger partial charge in [0.05, 0.1) is 126 Å². The molecule has 0 fully saturated rings. The molecule has 0 aliphatic heterocycles. The van der Waals surface area contributed by atoms with Crippen LogP contribution in [0, 0.1) is 0 Å². The van der Waals surface area contributed by atoms with Crippen molar-refractivity contribution in [3.8, 4) is 0 Å². The zero-order chi connectivity index (χ0) is 27.2. The van der Waals surface area contributed by atoms with Crippen LogP contribution in [0.3, 0.4) is 0 Å². The van der Waals surface area contributed by atoms with Crippen molar-refractivity contribution < 1.29 is 57.3 Å². The van der Waals surface area contributed by atoms with Crippen molar-refractivity contribution in [1.82, 2.24) is 0 Å². The highest BCUT2D eigenvalue weighted by molar-refractivity contribution is 5.87. The lowest BCUT2D eigenvalue weighted by Gasteiger charge is -2.13. The topological polar surface area (TPSA) is 130 Å². The van der Waals surface area contributed by atoms with Gasteiger partial charge in [-0.05, 0) is 13.8 Å². The fraction of sp³-hybridized carbons (Fsp3) is 0.880. The maximum Gasteiger partial charge on any atom is 0.333 e. The van der Waals surface area contributed by atoms with Gasteiger partial charge in [-0.3, -0.25) is 0 Å². The molecule has 0 rings (SSSR count). The van der Waals surface area contributed by atoms with Gasteiger partial charge < -0.3 is 52.5 Å². The Labute approximate surface area is 221 Å². The second kappa shape index (κ2) is 29.4. The van der Waals surface area contributed by atoms with Crippen LogP contribution in [-0.2, 0) is 52.2 Å². The lowest BCUT2D eigenvalue weighted by Crippen LogP contribution is -2.22. The summed E-state index contributed by atoms with van der Waals surface area (Å²) in [5.41, 5.74) is 0.367. The van der Waals surface area contributed by atoms with E-state index in [9.17, 15) is 4.79 Å². The quantitative estimate of drug-likeness (QED) is 0.0779. The highest BCUT2D eigenvalue weighted by Crippen LogP contribution is 1.99. The van der Waals surface area contributed by atoms with Crippen LogP contribution in [0.2, 0.25) is 0 Å². The minimum absolute atomic E-state index is 0.0227. The van der Waals surface area contributed by atoms with E-state index in [4.69, 9.17) is 52.5 Å². The molecule has 0 aromatic rings. The molecule has 0 bridgehead atoms. The van der Waals surface area contributed by atoms with Crippen molar-refractivity contribution in [2.75, 3.05) is 126 Å². The van der Waals surface area contributed by atoms with Gasteiger partial charge in [-0.2, -0.15) is 0 Å². The van der Waals surface area contributed by atoms with Gasteiger partial charge in [-0.1, -0.05) is 6.58 Å². The Hall–Kier alpha value is -1.19. The van der Waals surface area contributed by atoms with Crippen molar-refractivity contribution in [3.63, 3.8) is 0 Å². The molecule has 0 aliphatic carbocycles. The Morgan fingerprint density at radius 2 is 0.838 bits per heavy atom. The Morgan fingerprint density at radius 1 is 0.568 bits per heavy atom. The predicted molar refractivity (Wildman–Crippen MR) is 135 cm³/mol. The van der Waals surface area contributed by atoms with Crippen molar-refractivity contribution in [1.29, 1.82) is 0 Å². The molecule has 12 heteroatoms. The standard InChI is InChI=1S/C25H48O12/c1-23(2)25(27)37-24(3)22-36-21-20-35-19-18-34-17-16-33-15-14-32-13-12-31-11-10-30-9-8-29-7-6-28-5-4-26/h24,26H,1,4-22H2,2-3H3. The van der Waals surface area contributed by atoms with Gasteiger partial charge in [-0.15, -0.1) is 0 Å². The average Bonchev–Trinajstić information content (AvgIpc) is 2.88. The van der Waals surface area contributed by atoms with Gasteiger partial charge >= 0.3 is 5.97 Å². The number of aliphatic hydroxyl groups is 1. The molecular formula is C25H48O12. The molecule has 0 heterocycles. The van der Waals surface area contributed by atoms with Crippen LogP contribution in [0.5, 0.6) is 0 Å². The van der Waals surface area contributed by atoms with Gasteiger partial charge in [-0.25, -0.2) is 4.79 Å². The second-order valence-corrected chi connectivity index (χ2v) is 7.69. The SMILES string of the molecule is C=C(C)C(=O)OC(C)COCCOCCOCCOCCOCCOCCOCCOCCOCCO. The number of carbonyl (C=O) groups is 1. The van der Waals surface area contributed by atoms with Crippen LogP contribution < -0.4 is 0 Å². The normalized spacial score (nSPS) is 12.1. The molecule has 0 saturated carbocycles. The molecule has 0 aromatic carbocycles. The number of ether oxygens (including phenoxy) is 10. The van der Waals surface area contributed by atoms with Crippen LogP contribution in [0.1, 0.15) is 13.8 Å². The van der Waals surface area contributed by atoms with Crippen LogP contribution in [0.25, 0.3) is 0 Å². The van der Waals surface area contributed by atoms with E-state index in [1.165, 1.54) is 0 Å². The van der Waals surface area contributed by atoms with Gasteiger partial charge in [0.25, 0.3) is 0 Å². The van der Waals surface area contributed by atoms with E-state index < -0.39 is 5.97 Å². The number of hydrogen-bond acceptors (Lipinski definition) is 12. The summed E-state index contributed by atoms with van der Waals surface area (Å²) < 4.78 is 53.4. The van der Waals surface area contributed by atoms with E-state index in [0.717, 1.165) is 0 Å². The number of rotatable bonds is 30. The van der Waals surface area contributed by atoms with E-state index in [1.807, 2.05) is 0 Å². The highest BCUT2D eigenvalue weighted by atomic mass is 16.6. The molecule has 0 spiro atoms. The summed E-state index contributed by atoms with van der Waals surface area (Å²) in [5.74, 6) is -0.415. The first-order valence-corrected chi connectivity index (χ1v) is 12.7. The molecule has 12 nitrogen and oxygen atoms in total. The van der Waals surface area contributed by atoms with Crippen molar-refractivity contribution in [3.05, 3.63) is 12.2 Å². The Morgan fingerprint density at radius 3 is 1.11 bits per heavy atom. The molecule has 1 unspecified atom stereocenters. The molecule has 1 N–H and O–H groups in total. The first-order chi connectivity index (χ1) is 18.1. The zero-order valence-corrected chi connectivity index (χ0v) is 22.7. The van der Waals surface area contributed by atoms with E-state index in [-0.39, 0.29) is 12.7 Å². The number of hydrogen-bond donors (Lipinski definition) is 1. The third-order valence-corrected chi connectivity index (χ3v) is 4.22. The fourth-order valence-corrected chi connectivity index (χ4v) is 2.39. The molecule has 0 aliphatic rings. The van der Waals surface area contributed by atoms with E-state index in [2.05, 4.69) is 6.58 Å². The zero-order valence-electron chi connectivity index (χ0n) is 22.7. The summed E-state index contributed by atoms with van der Waals surface area (Å²) in [4.78, 5) is 11.4. The van der Waals surface area contributed by atoms with E-state index in [0.29, 0.717) is 124 Å². The summed E-state index contributed by atoms with van der Waals surface area (Å²) in [6, 6.07) is 0. The number of carbonyl (C=O) groups excluding carboxylic acids is 1. The van der Waals surface area contributed by atoms with Gasteiger partial charge in [0.1, 0.15) is 6.10 Å².